The molecule has 1 aromatic carbocycles. The van der Waals surface area contributed by atoms with E-state index in [1.54, 1.807) is 0 Å². The smallest absolute Gasteiger partial charge is 0.293 e. The van der Waals surface area contributed by atoms with Gasteiger partial charge in [-0.1, -0.05) is 0 Å². The molecule has 9 heteroatoms. The molecule has 0 aliphatic carbocycles. The van der Waals surface area contributed by atoms with Crippen LogP contribution < -0.4 is 10.5 Å². The number of benzene rings is 1. The summed E-state index contributed by atoms with van der Waals surface area (Å²) < 4.78 is 22.2. The molecule has 4 N–H and O–H groups in total. The van der Waals surface area contributed by atoms with Crippen molar-refractivity contribution in [2.24, 2.45) is 5.14 Å². The Bertz CT molecular complexity index is 555. The molecule has 0 unspecified atom stereocenters. The van der Waals surface area contributed by atoms with Gasteiger partial charge >= 0.3 is 0 Å². The number of aliphatic hydroxyl groups is 1. The van der Waals surface area contributed by atoms with Crippen molar-refractivity contribution < 1.29 is 18.4 Å². The first-order valence-electron chi connectivity index (χ1n) is 4.95. The molecule has 1 aromatic rings. The van der Waals surface area contributed by atoms with Crippen LogP contribution in [-0.2, 0) is 10.0 Å². The topological polar surface area (TPSA) is 136 Å². The molecule has 0 heterocycles. The first kappa shape index (κ1) is 14.4. The van der Waals surface area contributed by atoms with Crippen LogP contribution in [0.3, 0.4) is 0 Å². The lowest BCUT2D eigenvalue weighted by molar-refractivity contribution is -0.384. The molecule has 0 bridgehead atoms. The number of nitro benzene ring substituents is 1. The SMILES string of the molecule is C[C@@H](O)CNc1ccc(S(N)(=O)=O)cc1[N+](=O)[O-]. The lowest BCUT2D eigenvalue weighted by Crippen LogP contribution is -2.17. The highest BCUT2D eigenvalue weighted by Gasteiger charge is 2.18. The van der Waals surface area contributed by atoms with Gasteiger partial charge in [-0.3, -0.25) is 10.1 Å². The van der Waals surface area contributed by atoms with Crippen LogP contribution >= 0.6 is 0 Å². The highest BCUT2D eigenvalue weighted by Crippen LogP contribution is 2.26. The van der Waals surface area contributed by atoms with Crippen LogP contribution in [0.2, 0.25) is 0 Å². The number of aliphatic hydroxyl groups excluding tert-OH is 1. The molecule has 8 nitrogen and oxygen atoms in total. The second kappa shape index (κ2) is 5.29. The average Bonchev–Trinajstić information content (AvgIpc) is 2.24. The van der Waals surface area contributed by atoms with Crippen LogP contribution in [0, 0.1) is 10.1 Å². The van der Waals surface area contributed by atoms with E-state index >= 15 is 0 Å². The standard InChI is InChI=1S/C9H13N3O5S/c1-6(13)5-11-8-3-2-7(18(10,16)17)4-9(8)12(14)15/h2-4,6,11,13H,5H2,1H3,(H2,10,16,17)/t6-/m1/s1. The third-order valence-electron chi connectivity index (χ3n) is 2.08. The fourth-order valence-electron chi connectivity index (χ4n) is 1.25. The summed E-state index contributed by atoms with van der Waals surface area (Å²) in [7, 11) is -3.99. The maximum absolute atomic E-state index is 11.1. The number of nitrogens with one attached hydrogen (secondary N) is 1. The maximum atomic E-state index is 11.1. The first-order valence-corrected chi connectivity index (χ1v) is 6.49. The third-order valence-corrected chi connectivity index (χ3v) is 2.99. The fraction of sp³-hybridized carbons (Fsp3) is 0.333. The van der Waals surface area contributed by atoms with Gasteiger partial charge in [-0.2, -0.15) is 0 Å². The number of sulfonamides is 1. The van der Waals surface area contributed by atoms with E-state index in [0.717, 1.165) is 12.1 Å². The van der Waals surface area contributed by atoms with E-state index in [9.17, 15) is 18.5 Å². The zero-order valence-electron chi connectivity index (χ0n) is 9.53. The summed E-state index contributed by atoms with van der Waals surface area (Å²) in [6.07, 6.45) is -0.692. The Kier molecular flexibility index (Phi) is 4.22. The molecule has 0 amide bonds. The number of hydrogen-bond acceptors (Lipinski definition) is 6. The minimum Gasteiger partial charge on any atom is -0.392 e. The minimum atomic E-state index is -3.99. The van der Waals surface area contributed by atoms with E-state index < -0.39 is 26.7 Å². The van der Waals surface area contributed by atoms with E-state index in [0.29, 0.717) is 0 Å². The van der Waals surface area contributed by atoms with Gasteiger partial charge in [0.1, 0.15) is 5.69 Å². The number of primary sulfonamides is 1. The molecule has 0 radical (unpaired) electrons. The van der Waals surface area contributed by atoms with Crippen molar-refractivity contribution in [1.29, 1.82) is 0 Å². The van der Waals surface area contributed by atoms with E-state index in [-0.39, 0.29) is 17.1 Å². The molecule has 0 aliphatic heterocycles. The molecular formula is C9H13N3O5S. The summed E-state index contributed by atoms with van der Waals surface area (Å²) in [5.41, 5.74) is -0.296. The van der Waals surface area contributed by atoms with Crippen molar-refractivity contribution in [3.05, 3.63) is 28.3 Å². The molecule has 0 saturated heterocycles. The number of rotatable bonds is 5. The van der Waals surface area contributed by atoms with Gasteiger partial charge in [0.05, 0.1) is 15.9 Å². The van der Waals surface area contributed by atoms with Gasteiger partial charge in [0.25, 0.3) is 5.69 Å². The summed E-state index contributed by atoms with van der Waals surface area (Å²) in [6.45, 7) is 1.62. The lowest BCUT2D eigenvalue weighted by Gasteiger charge is -2.09. The molecule has 100 valence electrons. The Labute approximate surface area is 104 Å². The second-order valence-corrected chi connectivity index (χ2v) is 5.27. The fourth-order valence-corrected chi connectivity index (χ4v) is 1.78. The van der Waals surface area contributed by atoms with Gasteiger partial charge in [0.15, 0.2) is 0 Å². The largest absolute Gasteiger partial charge is 0.392 e. The molecule has 0 aliphatic rings. The van der Waals surface area contributed by atoms with Gasteiger partial charge in [-0.15, -0.1) is 0 Å². The molecule has 18 heavy (non-hydrogen) atoms. The van der Waals surface area contributed by atoms with Crippen molar-refractivity contribution in [1.82, 2.24) is 0 Å². The first-order chi connectivity index (χ1) is 8.21. The summed E-state index contributed by atoms with van der Waals surface area (Å²) in [4.78, 5) is 9.75. The Morgan fingerprint density at radius 3 is 2.61 bits per heavy atom. The number of nitro groups is 1. The number of hydrogen-bond donors (Lipinski definition) is 3. The van der Waals surface area contributed by atoms with Gasteiger partial charge in [0.2, 0.25) is 10.0 Å². The number of nitrogens with zero attached hydrogens (tertiary/aromatic N) is 1. The number of anilines is 1. The molecule has 0 fully saturated rings. The molecule has 1 atom stereocenters. The Morgan fingerprint density at radius 2 is 2.17 bits per heavy atom. The zero-order chi connectivity index (χ0) is 13.9. The number of nitrogens with two attached hydrogens (primary N) is 1. The van der Waals surface area contributed by atoms with E-state index in [1.165, 1.54) is 13.0 Å². The van der Waals surface area contributed by atoms with Gasteiger partial charge in [-0.25, -0.2) is 13.6 Å². The molecular weight excluding hydrogens is 262 g/mol. The normalized spacial score (nSPS) is 13.1. The lowest BCUT2D eigenvalue weighted by atomic mass is 10.2. The Morgan fingerprint density at radius 1 is 1.56 bits per heavy atom. The van der Waals surface area contributed by atoms with Crippen molar-refractivity contribution in [3.63, 3.8) is 0 Å². The highest BCUT2D eigenvalue weighted by atomic mass is 32.2. The highest BCUT2D eigenvalue weighted by molar-refractivity contribution is 7.89. The Balaban J connectivity index is 3.17. The summed E-state index contributed by atoms with van der Waals surface area (Å²) in [5, 5.41) is 27.4. The predicted molar refractivity (Wildman–Crippen MR) is 64.6 cm³/mol. The van der Waals surface area contributed by atoms with Crippen LogP contribution in [0.5, 0.6) is 0 Å². The second-order valence-electron chi connectivity index (χ2n) is 3.71. The van der Waals surface area contributed by atoms with Gasteiger partial charge in [0, 0.05) is 12.6 Å². The summed E-state index contributed by atoms with van der Waals surface area (Å²) in [6, 6.07) is 3.27. The van der Waals surface area contributed by atoms with Crippen LogP contribution in [0.1, 0.15) is 6.92 Å². The maximum Gasteiger partial charge on any atom is 0.293 e. The van der Waals surface area contributed by atoms with Crippen LogP contribution in [-0.4, -0.2) is 31.1 Å². The molecule has 0 saturated carbocycles. The monoisotopic (exact) mass is 275 g/mol. The van der Waals surface area contributed by atoms with Gasteiger partial charge < -0.3 is 10.4 Å². The van der Waals surface area contributed by atoms with Crippen LogP contribution in [0.4, 0.5) is 11.4 Å². The van der Waals surface area contributed by atoms with E-state index in [4.69, 9.17) is 10.2 Å². The zero-order valence-corrected chi connectivity index (χ0v) is 10.3. The quantitative estimate of drug-likeness (QED) is 0.512. The van der Waals surface area contributed by atoms with E-state index in [1.807, 2.05) is 0 Å². The van der Waals surface area contributed by atoms with Crippen LogP contribution in [0.15, 0.2) is 23.1 Å². The summed E-state index contributed by atoms with van der Waals surface area (Å²) in [5.74, 6) is 0. The molecule has 0 aromatic heterocycles. The third kappa shape index (κ3) is 3.65. The molecule has 0 spiro atoms. The van der Waals surface area contributed by atoms with Crippen LogP contribution in [0.25, 0.3) is 0 Å². The predicted octanol–water partition coefficient (Wildman–Crippen LogP) is 0.0349. The van der Waals surface area contributed by atoms with E-state index in [2.05, 4.69) is 5.32 Å². The van der Waals surface area contributed by atoms with Crippen molar-refractivity contribution in [2.75, 3.05) is 11.9 Å². The van der Waals surface area contributed by atoms with Crippen molar-refractivity contribution in [2.45, 2.75) is 17.9 Å². The van der Waals surface area contributed by atoms with Gasteiger partial charge in [-0.05, 0) is 19.1 Å². The van der Waals surface area contributed by atoms with Crippen molar-refractivity contribution >= 4 is 21.4 Å². The Hall–Kier alpha value is -1.71. The molecule has 1 rings (SSSR count). The minimum absolute atomic E-state index is 0.107. The van der Waals surface area contributed by atoms with Crippen molar-refractivity contribution in [3.8, 4) is 0 Å². The average molecular weight is 275 g/mol. The summed E-state index contributed by atoms with van der Waals surface area (Å²) >= 11 is 0.